The van der Waals surface area contributed by atoms with Crippen molar-refractivity contribution in [3.8, 4) is 0 Å². The van der Waals surface area contributed by atoms with Gasteiger partial charge in [-0.3, -0.25) is 4.79 Å². The molecule has 0 aliphatic carbocycles. The van der Waals surface area contributed by atoms with E-state index in [0.29, 0.717) is 10.0 Å². The Kier molecular flexibility index (Phi) is 4.06. The molecule has 0 saturated carbocycles. The highest BCUT2D eigenvalue weighted by molar-refractivity contribution is 7.21. The van der Waals surface area contributed by atoms with Crippen LogP contribution in [0.15, 0.2) is 24.3 Å². The predicted molar refractivity (Wildman–Crippen MR) is 94.1 cm³/mol. The number of carbonyl (C=O) groups is 1. The summed E-state index contributed by atoms with van der Waals surface area (Å²) in [5.41, 5.74) is 2.02. The number of rotatable bonds is 3. The van der Waals surface area contributed by atoms with Crippen LogP contribution < -0.4 is 5.32 Å². The second-order valence-electron chi connectivity index (χ2n) is 5.56. The molecule has 114 valence electrons. The maximum Gasteiger partial charge on any atom is 0.261 e. The average Bonchev–Trinajstić information content (AvgIpc) is 2.94. The van der Waals surface area contributed by atoms with Crippen LogP contribution in [0.1, 0.15) is 35.5 Å². The van der Waals surface area contributed by atoms with Crippen LogP contribution in [0.25, 0.3) is 21.0 Å². The van der Waals surface area contributed by atoms with Crippen molar-refractivity contribution >= 4 is 49.8 Å². The van der Waals surface area contributed by atoms with Gasteiger partial charge in [0.15, 0.2) is 0 Å². The van der Waals surface area contributed by atoms with E-state index in [2.05, 4.69) is 16.4 Å². The first-order chi connectivity index (χ1) is 10.5. The van der Waals surface area contributed by atoms with Gasteiger partial charge in [-0.1, -0.05) is 30.2 Å². The lowest BCUT2D eigenvalue weighted by molar-refractivity contribution is 0.0943. The van der Waals surface area contributed by atoms with E-state index >= 15 is 0 Å². The molecule has 0 bridgehead atoms. The first-order valence-electron chi connectivity index (χ1n) is 7.30. The van der Waals surface area contributed by atoms with Crippen molar-refractivity contribution in [1.29, 1.82) is 0 Å². The zero-order valence-electron chi connectivity index (χ0n) is 12.7. The number of hydrogen-bond acceptors (Lipinski definition) is 3. The lowest BCUT2D eigenvalue weighted by Crippen LogP contribution is -2.31. The molecule has 3 aromatic rings. The second-order valence-corrected chi connectivity index (χ2v) is 6.97. The molecule has 1 amide bonds. The Morgan fingerprint density at radius 3 is 2.86 bits per heavy atom. The minimum Gasteiger partial charge on any atom is -0.349 e. The third-order valence-corrected chi connectivity index (χ3v) is 5.24. The average molecular weight is 333 g/mol. The van der Waals surface area contributed by atoms with Gasteiger partial charge in [0.05, 0.1) is 10.4 Å². The number of aryl methyl sites for hydroxylation is 1. The summed E-state index contributed by atoms with van der Waals surface area (Å²) < 4.78 is 1.02. The molecule has 0 aliphatic heterocycles. The fourth-order valence-corrected chi connectivity index (χ4v) is 3.73. The molecule has 3 rings (SSSR count). The van der Waals surface area contributed by atoms with E-state index in [1.54, 1.807) is 0 Å². The van der Waals surface area contributed by atoms with E-state index in [0.717, 1.165) is 33.0 Å². The molecule has 0 fully saturated rings. The van der Waals surface area contributed by atoms with Crippen molar-refractivity contribution in [2.24, 2.45) is 0 Å². The minimum absolute atomic E-state index is 0.0487. The third-order valence-electron chi connectivity index (χ3n) is 3.78. The number of benzene rings is 1. The van der Waals surface area contributed by atoms with E-state index < -0.39 is 0 Å². The second kappa shape index (κ2) is 5.86. The number of thiophene rings is 1. The molecule has 2 aromatic heterocycles. The highest BCUT2D eigenvalue weighted by Gasteiger charge is 2.16. The number of amides is 1. The van der Waals surface area contributed by atoms with Crippen LogP contribution in [0.2, 0.25) is 5.15 Å². The first kappa shape index (κ1) is 15.3. The summed E-state index contributed by atoms with van der Waals surface area (Å²) in [7, 11) is 0. The van der Waals surface area contributed by atoms with Crippen molar-refractivity contribution in [2.45, 2.75) is 33.2 Å². The molecular weight excluding hydrogens is 316 g/mol. The van der Waals surface area contributed by atoms with E-state index in [9.17, 15) is 4.79 Å². The molecule has 3 nitrogen and oxygen atoms in total. The first-order valence-corrected chi connectivity index (χ1v) is 8.49. The molecule has 0 spiro atoms. The summed E-state index contributed by atoms with van der Waals surface area (Å²) in [6.07, 6.45) is 0.904. The lowest BCUT2D eigenvalue weighted by Gasteiger charge is -2.09. The van der Waals surface area contributed by atoms with Crippen LogP contribution in [-0.2, 0) is 0 Å². The Bertz CT molecular complexity index is 872. The number of carbonyl (C=O) groups excluding carboxylic acids is 1. The molecular formula is C17H17ClN2OS. The van der Waals surface area contributed by atoms with Crippen LogP contribution in [0.4, 0.5) is 0 Å². The zero-order chi connectivity index (χ0) is 15.9. The van der Waals surface area contributed by atoms with Crippen molar-refractivity contribution in [3.05, 3.63) is 39.9 Å². The maximum absolute atomic E-state index is 12.3. The number of pyridine rings is 1. The standard InChI is InChI=1S/C17H17ClN2OS/c1-4-10(3)19-17(21)14-8-12-15(22-14)11-7-9(2)5-6-13(11)20-16(12)18/h5-8,10H,4H2,1-3H3,(H,19,21)/t10-/m1/s1. The van der Waals surface area contributed by atoms with E-state index in [1.807, 2.05) is 39.0 Å². The SMILES string of the molecule is CC[C@@H](C)NC(=O)c1cc2c(Cl)nc3ccc(C)cc3c2s1. The fourth-order valence-electron chi connectivity index (χ4n) is 2.35. The van der Waals surface area contributed by atoms with Gasteiger partial charge in [-0.2, -0.15) is 0 Å². The molecule has 1 aromatic carbocycles. The number of fused-ring (bicyclic) bond motifs is 3. The molecule has 0 aliphatic rings. The van der Waals surface area contributed by atoms with Crippen molar-refractivity contribution < 1.29 is 4.79 Å². The lowest BCUT2D eigenvalue weighted by atomic mass is 10.1. The molecule has 5 heteroatoms. The maximum atomic E-state index is 12.3. The molecule has 0 unspecified atom stereocenters. The Labute approximate surface area is 138 Å². The van der Waals surface area contributed by atoms with Gasteiger partial charge in [-0.25, -0.2) is 4.98 Å². The Balaban J connectivity index is 2.16. The number of nitrogens with zero attached hydrogens (tertiary/aromatic N) is 1. The number of halogens is 1. The van der Waals surface area contributed by atoms with Gasteiger partial charge in [-0.15, -0.1) is 11.3 Å². The number of nitrogens with one attached hydrogen (secondary N) is 1. The Hall–Kier alpha value is -1.65. The van der Waals surface area contributed by atoms with E-state index in [1.165, 1.54) is 11.3 Å². The monoisotopic (exact) mass is 332 g/mol. The summed E-state index contributed by atoms with van der Waals surface area (Å²) in [5, 5.41) is 5.34. The highest BCUT2D eigenvalue weighted by atomic mass is 35.5. The molecule has 2 heterocycles. The topological polar surface area (TPSA) is 42.0 Å². The minimum atomic E-state index is -0.0487. The van der Waals surface area contributed by atoms with Gasteiger partial charge in [0.1, 0.15) is 5.15 Å². The normalized spacial score (nSPS) is 12.7. The smallest absolute Gasteiger partial charge is 0.261 e. The van der Waals surface area contributed by atoms with Crippen molar-refractivity contribution in [3.63, 3.8) is 0 Å². The quantitative estimate of drug-likeness (QED) is 0.690. The van der Waals surface area contributed by atoms with Gasteiger partial charge in [0, 0.05) is 21.5 Å². The summed E-state index contributed by atoms with van der Waals surface area (Å²) in [5.74, 6) is -0.0487. The summed E-state index contributed by atoms with van der Waals surface area (Å²) in [4.78, 5) is 17.4. The summed E-state index contributed by atoms with van der Waals surface area (Å²) in [6.45, 7) is 6.09. The van der Waals surface area contributed by atoms with Crippen molar-refractivity contribution in [1.82, 2.24) is 10.3 Å². The van der Waals surface area contributed by atoms with E-state index in [-0.39, 0.29) is 11.9 Å². The summed E-state index contributed by atoms with van der Waals surface area (Å²) in [6, 6.07) is 8.07. The van der Waals surface area contributed by atoms with Crippen molar-refractivity contribution in [2.75, 3.05) is 0 Å². The van der Waals surface area contributed by atoms with Gasteiger partial charge in [-0.05, 0) is 38.5 Å². The summed E-state index contributed by atoms with van der Waals surface area (Å²) >= 11 is 7.76. The molecule has 0 radical (unpaired) electrons. The van der Waals surface area contributed by atoms with Crippen LogP contribution in [0.3, 0.4) is 0 Å². The van der Waals surface area contributed by atoms with Gasteiger partial charge >= 0.3 is 0 Å². The highest BCUT2D eigenvalue weighted by Crippen LogP contribution is 2.36. The van der Waals surface area contributed by atoms with E-state index in [4.69, 9.17) is 11.6 Å². The molecule has 1 atom stereocenters. The fraction of sp³-hybridized carbons (Fsp3) is 0.294. The Morgan fingerprint density at radius 1 is 1.36 bits per heavy atom. The largest absolute Gasteiger partial charge is 0.349 e. The number of hydrogen-bond donors (Lipinski definition) is 1. The Morgan fingerprint density at radius 2 is 2.14 bits per heavy atom. The zero-order valence-corrected chi connectivity index (χ0v) is 14.3. The van der Waals surface area contributed by atoms with Gasteiger partial charge in [0.25, 0.3) is 5.91 Å². The molecule has 1 N–H and O–H groups in total. The van der Waals surface area contributed by atoms with Gasteiger partial charge in [0.2, 0.25) is 0 Å². The predicted octanol–water partition coefficient (Wildman–Crippen LogP) is 4.94. The molecule has 22 heavy (non-hydrogen) atoms. The third kappa shape index (κ3) is 2.69. The van der Waals surface area contributed by atoms with Crippen LogP contribution in [-0.4, -0.2) is 16.9 Å². The van der Waals surface area contributed by atoms with Crippen LogP contribution in [0, 0.1) is 6.92 Å². The van der Waals surface area contributed by atoms with Crippen LogP contribution in [0.5, 0.6) is 0 Å². The van der Waals surface area contributed by atoms with Gasteiger partial charge < -0.3 is 5.32 Å². The number of aromatic nitrogens is 1. The molecule has 0 saturated heterocycles. The van der Waals surface area contributed by atoms with Crippen LogP contribution >= 0.6 is 22.9 Å².